The molecule has 3 nitrogen and oxygen atoms in total. The Labute approximate surface area is 130 Å². The second kappa shape index (κ2) is 7.09. The molecule has 0 heterocycles. The van der Waals surface area contributed by atoms with Gasteiger partial charge in [0.05, 0.1) is 0 Å². The summed E-state index contributed by atoms with van der Waals surface area (Å²) in [6, 6.07) is 13.6. The van der Waals surface area contributed by atoms with Gasteiger partial charge in [-0.15, -0.1) is 0 Å². The molecule has 0 aromatic heterocycles. The lowest BCUT2D eigenvalue weighted by Crippen LogP contribution is -2.11. The molecule has 2 aromatic rings. The van der Waals surface area contributed by atoms with Crippen LogP contribution in [0.25, 0.3) is 0 Å². The van der Waals surface area contributed by atoms with Gasteiger partial charge in [0.15, 0.2) is 0 Å². The summed E-state index contributed by atoms with van der Waals surface area (Å²) in [6.45, 7) is 5.07. The molecule has 0 unspecified atom stereocenters. The molecule has 21 heavy (non-hydrogen) atoms. The summed E-state index contributed by atoms with van der Waals surface area (Å²) in [5.74, 6) is 1.68. The minimum Gasteiger partial charge on any atom is -0.490 e. The fourth-order valence-electron chi connectivity index (χ4n) is 1.89. The SMILES string of the molecule is Cc1ccc(C)c(OCCOc2ccc(C(N)=S)cc2)c1. The zero-order chi connectivity index (χ0) is 15.2. The van der Waals surface area contributed by atoms with Gasteiger partial charge in [-0.25, -0.2) is 0 Å². The third-order valence-corrected chi connectivity index (χ3v) is 3.33. The van der Waals surface area contributed by atoms with Crippen molar-refractivity contribution in [2.75, 3.05) is 13.2 Å². The molecule has 2 N–H and O–H groups in total. The minimum atomic E-state index is 0.389. The molecule has 4 heteroatoms. The Morgan fingerprint density at radius 3 is 2.33 bits per heavy atom. The molecule has 0 amide bonds. The van der Waals surface area contributed by atoms with E-state index in [2.05, 4.69) is 12.1 Å². The third kappa shape index (κ3) is 4.46. The topological polar surface area (TPSA) is 44.5 Å². The predicted octanol–water partition coefficient (Wildman–Crippen LogP) is 3.40. The molecule has 2 rings (SSSR count). The van der Waals surface area contributed by atoms with Gasteiger partial charge >= 0.3 is 0 Å². The van der Waals surface area contributed by atoms with Crippen LogP contribution in [0.3, 0.4) is 0 Å². The number of hydrogen-bond donors (Lipinski definition) is 1. The highest BCUT2D eigenvalue weighted by molar-refractivity contribution is 7.80. The molecule has 0 aliphatic heterocycles. The van der Waals surface area contributed by atoms with E-state index in [-0.39, 0.29) is 0 Å². The van der Waals surface area contributed by atoms with E-state index >= 15 is 0 Å². The van der Waals surface area contributed by atoms with E-state index in [4.69, 9.17) is 27.4 Å². The summed E-state index contributed by atoms with van der Waals surface area (Å²) in [4.78, 5) is 0.389. The maximum atomic E-state index is 5.74. The summed E-state index contributed by atoms with van der Waals surface area (Å²) in [7, 11) is 0. The molecular weight excluding hydrogens is 282 g/mol. The highest BCUT2D eigenvalue weighted by atomic mass is 32.1. The van der Waals surface area contributed by atoms with E-state index in [9.17, 15) is 0 Å². The number of ether oxygens (including phenoxy) is 2. The van der Waals surface area contributed by atoms with Crippen molar-refractivity contribution in [2.45, 2.75) is 13.8 Å². The maximum absolute atomic E-state index is 5.74. The molecule has 0 spiro atoms. The van der Waals surface area contributed by atoms with Crippen LogP contribution in [-0.4, -0.2) is 18.2 Å². The van der Waals surface area contributed by atoms with Gasteiger partial charge in [-0.3, -0.25) is 0 Å². The van der Waals surface area contributed by atoms with Crippen LogP contribution in [0.5, 0.6) is 11.5 Å². The van der Waals surface area contributed by atoms with E-state index in [1.165, 1.54) is 5.56 Å². The van der Waals surface area contributed by atoms with Crippen LogP contribution in [0.2, 0.25) is 0 Å². The first kappa shape index (κ1) is 15.3. The van der Waals surface area contributed by atoms with Crippen LogP contribution < -0.4 is 15.2 Å². The smallest absolute Gasteiger partial charge is 0.122 e. The van der Waals surface area contributed by atoms with Gasteiger partial charge in [-0.05, 0) is 55.3 Å². The van der Waals surface area contributed by atoms with E-state index in [1.807, 2.05) is 44.2 Å². The van der Waals surface area contributed by atoms with Crippen molar-refractivity contribution in [1.82, 2.24) is 0 Å². The van der Waals surface area contributed by atoms with E-state index in [0.717, 1.165) is 22.6 Å². The zero-order valence-electron chi connectivity index (χ0n) is 12.3. The summed E-state index contributed by atoms with van der Waals surface area (Å²) in [5, 5.41) is 0. The molecule has 0 bridgehead atoms. The number of nitrogens with two attached hydrogens (primary N) is 1. The molecule has 110 valence electrons. The highest BCUT2D eigenvalue weighted by Crippen LogP contribution is 2.19. The lowest BCUT2D eigenvalue weighted by molar-refractivity contribution is 0.216. The van der Waals surface area contributed by atoms with Gasteiger partial charge in [0.1, 0.15) is 29.7 Å². The Kier molecular flexibility index (Phi) is 5.17. The van der Waals surface area contributed by atoms with Crippen LogP contribution in [0.1, 0.15) is 16.7 Å². The Morgan fingerprint density at radius 1 is 1.00 bits per heavy atom. The van der Waals surface area contributed by atoms with E-state index in [1.54, 1.807) is 0 Å². The fourth-order valence-corrected chi connectivity index (χ4v) is 2.03. The summed E-state index contributed by atoms with van der Waals surface area (Å²) < 4.78 is 11.4. The number of aryl methyl sites for hydroxylation is 2. The van der Waals surface area contributed by atoms with Crippen molar-refractivity contribution in [2.24, 2.45) is 5.73 Å². The Morgan fingerprint density at radius 2 is 1.67 bits per heavy atom. The Balaban J connectivity index is 1.81. The Bertz CT molecular complexity index is 623. The second-order valence-electron chi connectivity index (χ2n) is 4.85. The maximum Gasteiger partial charge on any atom is 0.122 e. The molecule has 2 aromatic carbocycles. The van der Waals surface area contributed by atoms with Gasteiger partial charge in [0.25, 0.3) is 0 Å². The van der Waals surface area contributed by atoms with Crippen LogP contribution >= 0.6 is 12.2 Å². The standard InChI is InChI=1S/C17H19NO2S/c1-12-3-4-13(2)16(11-12)20-10-9-19-15-7-5-14(6-8-15)17(18)21/h3-8,11H,9-10H2,1-2H3,(H2,18,21). The third-order valence-electron chi connectivity index (χ3n) is 3.09. The number of benzene rings is 2. The minimum absolute atomic E-state index is 0.389. The second-order valence-corrected chi connectivity index (χ2v) is 5.29. The van der Waals surface area contributed by atoms with Crippen molar-refractivity contribution in [3.8, 4) is 11.5 Å². The van der Waals surface area contributed by atoms with Crippen LogP contribution in [0.15, 0.2) is 42.5 Å². The summed E-state index contributed by atoms with van der Waals surface area (Å²) in [5.41, 5.74) is 8.70. The highest BCUT2D eigenvalue weighted by Gasteiger charge is 2.01. The monoisotopic (exact) mass is 301 g/mol. The fraction of sp³-hybridized carbons (Fsp3) is 0.235. The lowest BCUT2D eigenvalue weighted by atomic mass is 10.1. The number of rotatable bonds is 6. The quantitative estimate of drug-likeness (QED) is 0.656. The molecule has 0 radical (unpaired) electrons. The van der Waals surface area contributed by atoms with Crippen LogP contribution in [-0.2, 0) is 0 Å². The van der Waals surface area contributed by atoms with Gasteiger partial charge in [-0.2, -0.15) is 0 Å². The van der Waals surface area contributed by atoms with Crippen molar-refractivity contribution < 1.29 is 9.47 Å². The number of thiocarbonyl (C=S) groups is 1. The van der Waals surface area contributed by atoms with Crippen molar-refractivity contribution >= 4 is 17.2 Å². The van der Waals surface area contributed by atoms with Gasteiger partial charge in [0.2, 0.25) is 0 Å². The first-order valence-corrected chi connectivity index (χ1v) is 7.20. The van der Waals surface area contributed by atoms with Gasteiger partial charge < -0.3 is 15.2 Å². The van der Waals surface area contributed by atoms with E-state index < -0.39 is 0 Å². The van der Waals surface area contributed by atoms with Crippen molar-refractivity contribution in [3.05, 3.63) is 59.2 Å². The zero-order valence-corrected chi connectivity index (χ0v) is 13.1. The van der Waals surface area contributed by atoms with Gasteiger partial charge in [-0.1, -0.05) is 24.4 Å². The average molecular weight is 301 g/mol. The Hall–Kier alpha value is -2.07. The van der Waals surface area contributed by atoms with E-state index in [0.29, 0.717) is 18.2 Å². The normalized spacial score (nSPS) is 10.2. The van der Waals surface area contributed by atoms with Crippen LogP contribution in [0.4, 0.5) is 0 Å². The molecule has 0 atom stereocenters. The lowest BCUT2D eigenvalue weighted by Gasteiger charge is -2.11. The average Bonchev–Trinajstić information content (AvgIpc) is 2.47. The largest absolute Gasteiger partial charge is 0.490 e. The van der Waals surface area contributed by atoms with Gasteiger partial charge in [0, 0.05) is 5.56 Å². The first-order chi connectivity index (χ1) is 10.1. The molecular formula is C17H19NO2S. The molecule has 0 aliphatic rings. The molecule has 0 saturated heterocycles. The number of hydrogen-bond acceptors (Lipinski definition) is 3. The molecule has 0 fully saturated rings. The summed E-state index contributed by atoms with van der Waals surface area (Å²) >= 11 is 4.91. The molecule has 0 aliphatic carbocycles. The van der Waals surface area contributed by atoms with Crippen molar-refractivity contribution in [1.29, 1.82) is 0 Å². The predicted molar refractivity (Wildman–Crippen MR) is 89.2 cm³/mol. The van der Waals surface area contributed by atoms with Crippen molar-refractivity contribution in [3.63, 3.8) is 0 Å². The first-order valence-electron chi connectivity index (χ1n) is 6.79. The molecule has 0 saturated carbocycles. The summed E-state index contributed by atoms with van der Waals surface area (Å²) in [6.07, 6.45) is 0. The van der Waals surface area contributed by atoms with Crippen LogP contribution in [0, 0.1) is 13.8 Å².